The number of anilines is 1. The summed E-state index contributed by atoms with van der Waals surface area (Å²) in [6.45, 7) is 9.67. The Balaban J connectivity index is 2.07. The molecular formula is C25H33N3O3. The van der Waals surface area contributed by atoms with Crippen LogP contribution in [-0.2, 0) is 9.59 Å². The monoisotopic (exact) mass is 423 g/mol. The van der Waals surface area contributed by atoms with Gasteiger partial charge in [0.25, 0.3) is 5.91 Å². The lowest BCUT2D eigenvalue weighted by Crippen LogP contribution is -2.49. The Hall–Kier alpha value is -3.15. The number of rotatable bonds is 8. The third kappa shape index (κ3) is 6.67. The molecule has 0 fully saturated rings. The molecule has 0 spiro atoms. The highest BCUT2D eigenvalue weighted by molar-refractivity contribution is 6.00. The van der Waals surface area contributed by atoms with Crippen LogP contribution in [0.1, 0.15) is 47.3 Å². The SMILES string of the molecule is Cc1ccccc1C(=O)NC(CC(C)C)C(=O)N(C)CC(=O)Nc1cccc(C)c1C. The van der Waals surface area contributed by atoms with Crippen molar-refractivity contribution in [1.29, 1.82) is 0 Å². The minimum absolute atomic E-state index is 0.0962. The zero-order chi connectivity index (χ0) is 23.1. The van der Waals surface area contributed by atoms with E-state index < -0.39 is 6.04 Å². The van der Waals surface area contributed by atoms with Gasteiger partial charge in [0.1, 0.15) is 6.04 Å². The van der Waals surface area contributed by atoms with Crippen molar-refractivity contribution < 1.29 is 14.4 Å². The van der Waals surface area contributed by atoms with Gasteiger partial charge in [-0.1, -0.05) is 44.2 Å². The summed E-state index contributed by atoms with van der Waals surface area (Å²) in [5.41, 5.74) is 4.19. The first-order valence-electron chi connectivity index (χ1n) is 10.6. The van der Waals surface area contributed by atoms with Crippen LogP contribution in [0.5, 0.6) is 0 Å². The smallest absolute Gasteiger partial charge is 0.252 e. The van der Waals surface area contributed by atoms with Crippen LogP contribution in [0, 0.1) is 26.7 Å². The predicted octanol–water partition coefficient (Wildman–Crippen LogP) is 3.85. The second-order valence-electron chi connectivity index (χ2n) is 8.46. The third-order valence-corrected chi connectivity index (χ3v) is 5.34. The molecule has 0 bridgehead atoms. The molecule has 0 radical (unpaired) electrons. The van der Waals surface area contributed by atoms with Crippen LogP contribution in [0.2, 0.25) is 0 Å². The van der Waals surface area contributed by atoms with Gasteiger partial charge in [0.2, 0.25) is 11.8 Å². The van der Waals surface area contributed by atoms with Gasteiger partial charge < -0.3 is 15.5 Å². The lowest BCUT2D eigenvalue weighted by molar-refractivity contribution is -0.135. The van der Waals surface area contributed by atoms with Crippen LogP contribution in [0.25, 0.3) is 0 Å². The van der Waals surface area contributed by atoms with Gasteiger partial charge in [-0.3, -0.25) is 14.4 Å². The van der Waals surface area contributed by atoms with Crippen molar-refractivity contribution in [1.82, 2.24) is 10.2 Å². The molecule has 6 heteroatoms. The fraction of sp³-hybridized carbons (Fsp3) is 0.400. The molecule has 31 heavy (non-hydrogen) atoms. The first-order valence-corrected chi connectivity index (χ1v) is 10.6. The number of hydrogen-bond acceptors (Lipinski definition) is 3. The van der Waals surface area contributed by atoms with E-state index in [1.54, 1.807) is 19.2 Å². The highest BCUT2D eigenvalue weighted by Gasteiger charge is 2.27. The largest absolute Gasteiger partial charge is 0.340 e. The fourth-order valence-electron chi connectivity index (χ4n) is 3.39. The van der Waals surface area contributed by atoms with E-state index in [0.29, 0.717) is 12.0 Å². The summed E-state index contributed by atoms with van der Waals surface area (Å²) in [6.07, 6.45) is 0.486. The van der Waals surface area contributed by atoms with Gasteiger partial charge in [0, 0.05) is 18.3 Å². The molecule has 3 amide bonds. The molecule has 2 aromatic rings. The van der Waals surface area contributed by atoms with Gasteiger partial charge in [-0.25, -0.2) is 0 Å². The molecule has 0 aliphatic rings. The van der Waals surface area contributed by atoms with E-state index in [2.05, 4.69) is 10.6 Å². The van der Waals surface area contributed by atoms with Crippen molar-refractivity contribution in [2.45, 2.75) is 47.1 Å². The molecule has 0 saturated heterocycles. The quantitative estimate of drug-likeness (QED) is 0.677. The third-order valence-electron chi connectivity index (χ3n) is 5.34. The topological polar surface area (TPSA) is 78.5 Å². The Labute approximate surface area is 185 Å². The van der Waals surface area contributed by atoms with Gasteiger partial charge in [-0.2, -0.15) is 0 Å². The summed E-state index contributed by atoms with van der Waals surface area (Å²) in [5, 5.41) is 5.73. The lowest BCUT2D eigenvalue weighted by Gasteiger charge is -2.26. The van der Waals surface area contributed by atoms with Crippen molar-refractivity contribution in [3.8, 4) is 0 Å². The van der Waals surface area contributed by atoms with Crippen molar-refractivity contribution in [3.63, 3.8) is 0 Å². The number of likely N-dealkylation sites (N-methyl/N-ethyl adjacent to an activating group) is 1. The predicted molar refractivity (Wildman–Crippen MR) is 124 cm³/mol. The number of benzene rings is 2. The van der Waals surface area contributed by atoms with Crippen LogP contribution in [0.4, 0.5) is 5.69 Å². The molecular weight excluding hydrogens is 390 g/mol. The average Bonchev–Trinajstić information content (AvgIpc) is 2.70. The van der Waals surface area contributed by atoms with Crippen molar-refractivity contribution in [3.05, 3.63) is 64.7 Å². The van der Waals surface area contributed by atoms with E-state index in [9.17, 15) is 14.4 Å². The summed E-state index contributed by atoms with van der Waals surface area (Å²) < 4.78 is 0. The molecule has 1 unspecified atom stereocenters. The number of amides is 3. The summed E-state index contributed by atoms with van der Waals surface area (Å²) in [5.74, 6) is -0.654. The fourth-order valence-corrected chi connectivity index (χ4v) is 3.39. The molecule has 2 aromatic carbocycles. The molecule has 0 aliphatic heterocycles. The van der Waals surface area contributed by atoms with Crippen molar-refractivity contribution in [2.75, 3.05) is 18.9 Å². The molecule has 1 atom stereocenters. The molecule has 0 heterocycles. The van der Waals surface area contributed by atoms with E-state index in [-0.39, 0.29) is 30.2 Å². The number of nitrogens with one attached hydrogen (secondary N) is 2. The zero-order valence-corrected chi connectivity index (χ0v) is 19.3. The number of nitrogens with zero attached hydrogens (tertiary/aromatic N) is 1. The van der Waals surface area contributed by atoms with Crippen LogP contribution >= 0.6 is 0 Å². The summed E-state index contributed by atoms with van der Waals surface area (Å²) in [7, 11) is 1.58. The number of carbonyl (C=O) groups is 3. The van der Waals surface area contributed by atoms with Crippen LogP contribution in [0.15, 0.2) is 42.5 Å². The molecule has 0 aromatic heterocycles. The standard InChI is InChI=1S/C25H33N3O3/c1-16(2)14-22(27-24(30)20-12-8-7-10-18(20)4)25(31)28(6)15-23(29)26-21-13-9-11-17(3)19(21)5/h7-13,16,22H,14-15H2,1-6H3,(H,26,29)(H,27,30). The van der Waals surface area contributed by atoms with Gasteiger partial charge in [-0.05, 0) is 61.9 Å². The summed E-state index contributed by atoms with van der Waals surface area (Å²) >= 11 is 0. The molecule has 2 rings (SSSR count). The Morgan fingerprint density at radius 2 is 1.58 bits per heavy atom. The molecule has 0 aliphatic carbocycles. The number of hydrogen-bond donors (Lipinski definition) is 2. The van der Waals surface area contributed by atoms with Gasteiger partial charge in [0.15, 0.2) is 0 Å². The second kappa shape index (κ2) is 10.8. The highest BCUT2D eigenvalue weighted by atomic mass is 16.2. The summed E-state index contributed by atoms with van der Waals surface area (Å²) in [4.78, 5) is 39.7. The Morgan fingerprint density at radius 1 is 0.935 bits per heavy atom. The molecule has 166 valence electrons. The van der Waals surface area contributed by atoms with Crippen molar-refractivity contribution in [2.24, 2.45) is 5.92 Å². The average molecular weight is 424 g/mol. The highest BCUT2D eigenvalue weighted by Crippen LogP contribution is 2.18. The maximum absolute atomic E-state index is 13.1. The van der Waals surface area contributed by atoms with E-state index in [0.717, 1.165) is 22.4 Å². The van der Waals surface area contributed by atoms with Crippen LogP contribution in [-0.4, -0.2) is 42.3 Å². The maximum Gasteiger partial charge on any atom is 0.252 e. The van der Waals surface area contributed by atoms with Gasteiger partial charge in [0.05, 0.1) is 6.54 Å². The Kier molecular flexibility index (Phi) is 8.37. The van der Waals surface area contributed by atoms with E-state index >= 15 is 0 Å². The molecule has 2 N–H and O–H groups in total. The number of aryl methyl sites for hydroxylation is 2. The Morgan fingerprint density at radius 3 is 2.23 bits per heavy atom. The first kappa shape index (κ1) is 24.1. The van der Waals surface area contributed by atoms with Crippen LogP contribution in [0.3, 0.4) is 0 Å². The first-order chi connectivity index (χ1) is 14.6. The van der Waals surface area contributed by atoms with E-state index in [1.165, 1.54) is 4.90 Å². The minimum Gasteiger partial charge on any atom is -0.340 e. The minimum atomic E-state index is -0.703. The number of carbonyl (C=O) groups excluding carboxylic acids is 3. The van der Waals surface area contributed by atoms with E-state index in [4.69, 9.17) is 0 Å². The molecule has 6 nitrogen and oxygen atoms in total. The van der Waals surface area contributed by atoms with E-state index in [1.807, 2.05) is 65.0 Å². The normalized spacial score (nSPS) is 11.7. The van der Waals surface area contributed by atoms with Gasteiger partial charge >= 0.3 is 0 Å². The second-order valence-corrected chi connectivity index (χ2v) is 8.46. The Bertz CT molecular complexity index is 953. The van der Waals surface area contributed by atoms with Crippen LogP contribution < -0.4 is 10.6 Å². The zero-order valence-electron chi connectivity index (χ0n) is 19.3. The summed E-state index contributed by atoms with van der Waals surface area (Å²) in [6, 6.07) is 12.3. The lowest BCUT2D eigenvalue weighted by atomic mass is 10.0. The molecule has 0 saturated carbocycles. The van der Waals surface area contributed by atoms with Crippen molar-refractivity contribution >= 4 is 23.4 Å². The van der Waals surface area contributed by atoms with Gasteiger partial charge in [-0.15, -0.1) is 0 Å². The maximum atomic E-state index is 13.1.